The van der Waals surface area contributed by atoms with Crippen molar-refractivity contribution in [2.45, 2.75) is 40.0 Å². The van der Waals surface area contributed by atoms with E-state index < -0.39 is 0 Å². The minimum absolute atomic E-state index is 0.193. The van der Waals surface area contributed by atoms with Gasteiger partial charge in [0.15, 0.2) is 0 Å². The SMILES string of the molecule is C=C(C)C(=O)NOCCC.C=CC(=O)NCOCCCC. The lowest BCUT2D eigenvalue weighted by atomic mass is 10.3. The Morgan fingerprint density at radius 3 is 2.33 bits per heavy atom. The van der Waals surface area contributed by atoms with Gasteiger partial charge in [-0.3, -0.25) is 14.4 Å². The second kappa shape index (κ2) is 16.4. The molecule has 0 unspecified atom stereocenters. The van der Waals surface area contributed by atoms with Gasteiger partial charge in [0.2, 0.25) is 5.91 Å². The van der Waals surface area contributed by atoms with Crippen molar-refractivity contribution >= 4 is 11.8 Å². The maximum Gasteiger partial charge on any atom is 0.269 e. The molecule has 0 aliphatic heterocycles. The summed E-state index contributed by atoms with van der Waals surface area (Å²) in [6.07, 6.45) is 4.25. The quantitative estimate of drug-likeness (QED) is 0.280. The van der Waals surface area contributed by atoms with Gasteiger partial charge < -0.3 is 10.1 Å². The van der Waals surface area contributed by atoms with E-state index in [0.29, 0.717) is 18.8 Å². The molecule has 0 aromatic rings. The molecule has 0 aliphatic carbocycles. The molecule has 0 saturated heterocycles. The van der Waals surface area contributed by atoms with E-state index in [-0.39, 0.29) is 18.5 Å². The van der Waals surface area contributed by atoms with Crippen molar-refractivity contribution in [1.82, 2.24) is 10.8 Å². The van der Waals surface area contributed by atoms with Crippen LogP contribution in [0.2, 0.25) is 0 Å². The zero-order valence-corrected chi connectivity index (χ0v) is 13.4. The van der Waals surface area contributed by atoms with Gasteiger partial charge in [-0.15, -0.1) is 0 Å². The first-order chi connectivity index (χ1) is 9.99. The van der Waals surface area contributed by atoms with Crippen LogP contribution >= 0.6 is 0 Å². The predicted molar refractivity (Wildman–Crippen MR) is 83.3 cm³/mol. The first kappa shape index (κ1) is 21.6. The van der Waals surface area contributed by atoms with Crippen LogP contribution in [0.1, 0.15) is 40.0 Å². The molecule has 0 atom stereocenters. The molecule has 0 saturated carbocycles. The van der Waals surface area contributed by atoms with Crippen LogP contribution in [0.5, 0.6) is 0 Å². The lowest BCUT2D eigenvalue weighted by Gasteiger charge is -2.02. The number of hydrogen-bond donors (Lipinski definition) is 2. The Labute approximate surface area is 127 Å². The topological polar surface area (TPSA) is 76.7 Å². The molecule has 0 rings (SSSR count). The number of carbonyl (C=O) groups is 2. The number of rotatable bonds is 10. The number of unbranched alkanes of at least 4 members (excludes halogenated alkanes) is 1. The summed E-state index contributed by atoms with van der Waals surface area (Å²) in [4.78, 5) is 26.0. The smallest absolute Gasteiger partial charge is 0.269 e. The Balaban J connectivity index is 0. The van der Waals surface area contributed by atoms with Gasteiger partial charge in [0.05, 0.1) is 6.61 Å². The van der Waals surface area contributed by atoms with Crippen molar-refractivity contribution in [1.29, 1.82) is 0 Å². The van der Waals surface area contributed by atoms with E-state index in [4.69, 9.17) is 9.57 Å². The van der Waals surface area contributed by atoms with E-state index in [9.17, 15) is 9.59 Å². The zero-order chi connectivity index (χ0) is 16.5. The molecule has 0 aromatic carbocycles. The van der Waals surface area contributed by atoms with Crippen LogP contribution in [0.3, 0.4) is 0 Å². The molecular formula is C15H28N2O4. The van der Waals surface area contributed by atoms with E-state index in [1.54, 1.807) is 6.92 Å². The van der Waals surface area contributed by atoms with Crippen molar-refractivity contribution in [3.63, 3.8) is 0 Å². The molecule has 0 aromatic heterocycles. The molecular weight excluding hydrogens is 272 g/mol. The van der Waals surface area contributed by atoms with Gasteiger partial charge in [-0.25, -0.2) is 5.48 Å². The van der Waals surface area contributed by atoms with E-state index in [2.05, 4.69) is 30.9 Å². The van der Waals surface area contributed by atoms with Crippen molar-refractivity contribution < 1.29 is 19.2 Å². The van der Waals surface area contributed by atoms with Gasteiger partial charge >= 0.3 is 0 Å². The second-order valence-corrected chi connectivity index (χ2v) is 4.21. The molecule has 6 nitrogen and oxygen atoms in total. The van der Waals surface area contributed by atoms with Gasteiger partial charge in [-0.1, -0.05) is 33.4 Å². The number of nitrogens with one attached hydrogen (secondary N) is 2. The molecule has 2 amide bonds. The Morgan fingerprint density at radius 2 is 1.86 bits per heavy atom. The Kier molecular flexibility index (Phi) is 16.9. The molecule has 122 valence electrons. The summed E-state index contributed by atoms with van der Waals surface area (Å²) in [7, 11) is 0. The number of ether oxygens (including phenoxy) is 1. The van der Waals surface area contributed by atoms with Crippen LogP contribution in [-0.2, 0) is 19.2 Å². The number of hydroxylamine groups is 1. The fourth-order valence-electron chi connectivity index (χ4n) is 0.819. The average molecular weight is 300 g/mol. The highest BCUT2D eigenvalue weighted by Gasteiger charge is 1.98. The van der Waals surface area contributed by atoms with Crippen molar-refractivity contribution in [2.75, 3.05) is 19.9 Å². The standard InChI is InChI=1S/C8H15NO2.C7H13NO2/c1-3-5-6-11-7-9-8(10)4-2;1-4-5-10-8-7(9)6(2)3/h4H,2-3,5-7H2,1H3,(H,9,10);2,4-5H2,1,3H3,(H,8,9). The molecule has 21 heavy (non-hydrogen) atoms. The van der Waals surface area contributed by atoms with Crippen LogP contribution in [0.15, 0.2) is 24.8 Å². The van der Waals surface area contributed by atoms with Crippen LogP contribution in [0, 0.1) is 0 Å². The Hall–Kier alpha value is -1.66. The summed E-state index contributed by atoms with van der Waals surface area (Å²) < 4.78 is 5.07. The highest BCUT2D eigenvalue weighted by Crippen LogP contribution is 1.86. The normalized spacial score (nSPS) is 9.10. The molecule has 6 heteroatoms. The Morgan fingerprint density at radius 1 is 1.19 bits per heavy atom. The van der Waals surface area contributed by atoms with Crippen molar-refractivity contribution in [3.05, 3.63) is 24.8 Å². The number of carbonyl (C=O) groups excluding carboxylic acids is 2. The minimum Gasteiger partial charge on any atom is -0.361 e. The summed E-state index contributed by atoms with van der Waals surface area (Å²) in [6, 6.07) is 0. The maximum atomic E-state index is 10.7. The molecule has 0 spiro atoms. The van der Waals surface area contributed by atoms with Gasteiger partial charge in [0.25, 0.3) is 5.91 Å². The number of amides is 2. The van der Waals surface area contributed by atoms with E-state index >= 15 is 0 Å². The van der Waals surface area contributed by atoms with E-state index in [1.807, 2.05) is 6.92 Å². The van der Waals surface area contributed by atoms with Crippen LogP contribution in [0.25, 0.3) is 0 Å². The third kappa shape index (κ3) is 18.3. The molecule has 2 N–H and O–H groups in total. The zero-order valence-electron chi connectivity index (χ0n) is 13.4. The summed E-state index contributed by atoms with van der Waals surface area (Å²) in [6.45, 7) is 14.0. The van der Waals surface area contributed by atoms with E-state index in [0.717, 1.165) is 19.3 Å². The summed E-state index contributed by atoms with van der Waals surface area (Å²) >= 11 is 0. The first-order valence-electron chi connectivity index (χ1n) is 7.05. The third-order valence-electron chi connectivity index (χ3n) is 2.03. The second-order valence-electron chi connectivity index (χ2n) is 4.21. The van der Waals surface area contributed by atoms with Crippen molar-refractivity contribution in [3.8, 4) is 0 Å². The van der Waals surface area contributed by atoms with Crippen LogP contribution in [0.4, 0.5) is 0 Å². The summed E-state index contributed by atoms with van der Waals surface area (Å²) in [5.74, 6) is -0.449. The largest absolute Gasteiger partial charge is 0.361 e. The van der Waals surface area contributed by atoms with Gasteiger partial charge in [-0.05, 0) is 25.8 Å². The molecule has 0 bridgehead atoms. The highest BCUT2D eigenvalue weighted by molar-refractivity contribution is 5.91. The van der Waals surface area contributed by atoms with Crippen molar-refractivity contribution in [2.24, 2.45) is 0 Å². The molecule has 0 aliphatic rings. The lowest BCUT2D eigenvalue weighted by molar-refractivity contribution is -0.129. The Bertz CT molecular complexity index is 317. The molecule has 0 heterocycles. The monoisotopic (exact) mass is 300 g/mol. The fraction of sp³-hybridized carbons (Fsp3) is 0.600. The minimum atomic E-state index is -0.256. The van der Waals surface area contributed by atoms with Gasteiger partial charge in [0, 0.05) is 12.2 Å². The molecule has 0 fully saturated rings. The van der Waals surface area contributed by atoms with Gasteiger partial charge in [0.1, 0.15) is 6.73 Å². The highest BCUT2D eigenvalue weighted by atomic mass is 16.6. The molecule has 0 radical (unpaired) electrons. The first-order valence-corrected chi connectivity index (χ1v) is 7.05. The van der Waals surface area contributed by atoms with Gasteiger partial charge in [-0.2, -0.15) is 0 Å². The maximum absolute atomic E-state index is 10.7. The van der Waals surface area contributed by atoms with Crippen LogP contribution < -0.4 is 10.8 Å². The third-order valence-corrected chi connectivity index (χ3v) is 2.03. The fourth-order valence-corrected chi connectivity index (χ4v) is 0.819. The average Bonchev–Trinajstić information content (AvgIpc) is 2.47. The summed E-state index contributed by atoms with van der Waals surface area (Å²) in [5.41, 5.74) is 2.70. The van der Waals surface area contributed by atoms with E-state index in [1.165, 1.54) is 6.08 Å². The lowest BCUT2D eigenvalue weighted by Crippen LogP contribution is -2.24. The predicted octanol–water partition coefficient (Wildman–Crippen LogP) is 2.08. The number of hydrogen-bond acceptors (Lipinski definition) is 4. The van der Waals surface area contributed by atoms with Crippen LogP contribution in [-0.4, -0.2) is 31.8 Å². The summed E-state index contributed by atoms with van der Waals surface area (Å²) in [5, 5.41) is 2.51.